The van der Waals surface area contributed by atoms with Crippen molar-refractivity contribution in [2.75, 3.05) is 26.7 Å². The number of nitrogens with zero attached hydrogens (tertiary/aromatic N) is 5. The van der Waals surface area contributed by atoms with Crippen LogP contribution in [0, 0.1) is 0 Å². The average Bonchev–Trinajstić information content (AvgIpc) is 3.19. The highest BCUT2D eigenvalue weighted by Gasteiger charge is 2.33. The average molecular weight is 353 g/mol. The van der Waals surface area contributed by atoms with Crippen molar-refractivity contribution in [3.8, 4) is 0 Å². The van der Waals surface area contributed by atoms with Gasteiger partial charge in [-0.25, -0.2) is 9.97 Å². The van der Waals surface area contributed by atoms with Crippen LogP contribution in [0.15, 0.2) is 16.8 Å². The van der Waals surface area contributed by atoms with Crippen molar-refractivity contribution < 1.29 is 9.32 Å². The molecule has 0 spiro atoms. The van der Waals surface area contributed by atoms with E-state index in [1.165, 1.54) is 11.3 Å². The minimum absolute atomic E-state index is 0.0391. The summed E-state index contributed by atoms with van der Waals surface area (Å²) in [6.45, 7) is 3.33. The quantitative estimate of drug-likeness (QED) is 0.840. The van der Waals surface area contributed by atoms with Crippen LogP contribution in [0.3, 0.4) is 0 Å². The molecule has 1 saturated carbocycles. The Bertz CT molecular complexity index is 844. The molecule has 0 unspecified atom stereocenters. The van der Waals surface area contributed by atoms with Crippen LogP contribution in [0.25, 0.3) is 0 Å². The van der Waals surface area contributed by atoms with Crippen LogP contribution >= 0.6 is 0 Å². The number of fused-ring (bicyclic) bond motifs is 1. The number of likely N-dealkylation sites (tertiary alicyclic amines) is 1. The van der Waals surface area contributed by atoms with Crippen molar-refractivity contribution in [3.63, 3.8) is 0 Å². The van der Waals surface area contributed by atoms with E-state index < -0.39 is 0 Å². The van der Waals surface area contributed by atoms with Crippen molar-refractivity contribution in [2.24, 2.45) is 0 Å². The van der Waals surface area contributed by atoms with Gasteiger partial charge in [0, 0.05) is 68.0 Å². The van der Waals surface area contributed by atoms with Gasteiger partial charge < -0.3 is 14.3 Å². The van der Waals surface area contributed by atoms with Gasteiger partial charge in [0.1, 0.15) is 11.6 Å². The van der Waals surface area contributed by atoms with Crippen LogP contribution in [0.4, 0.5) is 0 Å². The van der Waals surface area contributed by atoms with Crippen molar-refractivity contribution >= 4 is 5.91 Å². The maximum Gasteiger partial charge on any atom is 0.276 e. The van der Waals surface area contributed by atoms with Gasteiger partial charge in [0.2, 0.25) is 0 Å². The number of hydrogen-bond donors (Lipinski definition) is 0. The Labute approximate surface area is 152 Å². The second-order valence-electron chi connectivity index (χ2n) is 7.81. The highest BCUT2D eigenvalue weighted by molar-refractivity contribution is 5.92. The molecule has 0 N–H and O–H groups in total. The molecule has 7 nitrogen and oxygen atoms in total. The largest absolute Gasteiger partial charge is 0.360 e. The van der Waals surface area contributed by atoms with Gasteiger partial charge in [0.05, 0.1) is 0 Å². The minimum Gasteiger partial charge on any atom is -0.360 e. The predicted octanol–water partition coefficient (Wildman–Crippen LogP) is 1.96. The molecule has 2 aromatic rings. The Morgan fingerprint density at radius 2 is 2.12 bits per heavy atom. The van der Waals surface area contributed by atoms with E-state index in [9.17, 15) is 4.79 Å². The van der Waals surface area contributed by atoms with E-state index in [4.69, 9.17) is 9.51 Å². The third-order valence-corrected chi connectivity index (χ3v) is 5.71. The number of likely N-dealkylation sites (N-methyl/N-ethyl adjacent to an activating group) is 1. The van der Waals surface area contributed by atoms with Gasteiger partial charge in [0.25, 0.3) is 5.91 Å². The molecule has 1 saturated heterocycles. The lowest BCUT2D eigenvalue weighted by Crippen LogP contribution is -2.29. The molecule has 136 valence electrons. The lowest BCUT2D eigenvalue weighted by molar-refractivity contribution is 0.0780. The second kappa shape index (κ2) is 6.16. The Morgan fingerprint density at radius 3 is 2.96 bits per heavy atom. The molecule has 0 aromatic carbocycles. The first kappa shape index (κ1) is 15.9. The number of aromatic nitrogens is 3. The first-order valence-corrected chi connectivity index (χ1v) is 9.46. The highest BCUT2D eigenvalue weighted by atomic mass is 16.5. The van der Waals surface area contributed by atoms with E-state index in [0.29, 0.717) is 18.2 Å². The third kappa shape index (κ3) is 2.90. The summed E-state index contributed by atoms with van der Waals surface area (Å²) in [5, 5.41) is 3.98. The summed E-state index contributed by atoms with van der Waals surface area (Å²) < 4.78 is 5.33. The van der Waals surface area contributed by atoms with Gasteiger partial charge in [-0.1, -0.05) is 5.16 Å². The Hall–Kier alpha value is -2.28. The lowest BCUT2D eigenvalue weighted by Gasteiger charge is -2.24. The van der Waals surface area contributed by atoms with Crippen LogP contribution < -0.4 is 0 Å². The molecule has 1 aliphatic carbocycles. The van der Waals surface area contributed by atoms with E-state index in [-0.39, 0.29) is 11.8 Å². The van der Waals surface area contributed by atoms with Gasteiger partial charge in [-0.15, -0.1) is 0 Å². The predicted molar refractivity (Wildman–Crippen MR) is 93.8 cm³/mol. The zero-order valence-corrected chi connectivity index (χ0v) is 15.0. The third-order valence-electron chi connectivity index (χ3n) is 5.71. The number of rotatable bonds is 3. The van der Waals surface area contributed by atoms with Crippen LogP contribution in [-0.2, 0) is 13.0 Å². The van der Waals surface area contributed by atoms with Crippen molar-refractivity contribution in [3.05, 3.63) is 40.8 Å². The standard InChI is InChI=1S/C19H23N5O2/c1-23-6-5-15-14(10-23)9-20-18(21-15)13-4-7-24(11-13)19(25)16-8-17(26-22-16)12-2-3-12/h8-9,12-13H,2-7,10-11H2,1H3/t13-/m0/s1. The molecular formula is C19H23N5O2. The number of hydrogen-bond acceptors (Lipinski definition) is 6. The van der Waals surface area contributed by atoms with E-state index >= 15 is 0 Å². The van der Waals surface area contributed by atoms with Crippen molar-refractivity contribution in [1.82, 2.24) is 24.9 Å². The SMILES string of the molecule is CN1CCc2nc([C@H]3CCN(C(=O)c4cc(C5CC5)on4)C3)ncc2C1. The Kier molecular flexibility index (Phi) is 3.77. The van der Waals surface area contributed by atoms with E-state index in [0.717, 1.165) is 56.9 Å². The lowest BCUT2D eigenvalue weighted by atomic mass is 10.1. The highest BCUT2D eigenvalue weighted by Crippen LogP contribution is 2.40. The van der Waals surface area contributed by atoms with Gasteiger partial charge in [-0.2, -0.15) is 0 Å². The molecule has 1 amide bonds. The molecule has 2 fully saturated rings. The first-order chi connectivity index (χ1) is 12.7. The Morgan fingerprint density at radius 1 is 1.23 bits per heavy atom. The summed E-state index contributed by atoms with van der Waals surface area (Å²) in [6, 6.07) is 1.82. The fraction of sp³-hybridized carbons (Fsp3) is 0.579. The van der Waals surface area contributed by atoms with Gasteiger partial charge in [-0.3, -0.25) is 4.79 Å². The van der Waals surface area contributed by atoms with Gasteiger partial charge in [-0.05, 0) is 26.3 Å². The van der Waals surface area contributed by atoms with Crippen LogP contribution in [0.5, 0.6) is 0 Å². The van der Waals surface area contributed by atoms with Gasteiger partial charge >= 0.3 is 0 Å². The molecule has 0 bridgehead atoms. The molecule has 1 atom stereocenters. The summed E-state index contributed by atoms with van der Waals surface area (Å²) in [4.78, 5) is 26.3. The molecule has 7 heteroatoms. The summed E-state index contributed by atoms with van der Waals surface area (Å²) >= 11 is 0. The van der Waals surface area contributed by atoms with Crippen LogP contribution in [0.1, 0.15) is 64.4 Å². The van der Waals surface area contributed by atoms with Crippen LogP contribution in [0.2, 0.25) is 0 Å². The zero-order chi connectivity index (χ0) is 17.7. The second-order valence-corrected chi connectivity index (χ2v) is 7.81. The van der Waals surface area contributed by atoms with E-state index in [2.05, 4.69) is 22.1 Å². The molecule has 26 heavy (non-hydrogen) atoms. The molecule has 2 aromatic heterocycles. The molecular weight excluding hydrogens is 330 g/mol. The molecule has 5 rings (SSSR count). The molecule has 3 aliphatic rings. The molecule has 0 radical (unpaired) electrons. The van der Waals surface area contributed by atoms with Crippen molar-refractivity contribution in [2.45, 2.75) is 44.1 Å². The van der Waals surface area contributed by atoms with Crippen molar-refractivity contribution in [1.29, 1.82) is 0 Å². The normalized spacial score (nSPS) is 23.3. The van der Waals surface area contributed by atoms with E-state index in [1.807, 2.05) is 17.2 Å². The fourth-order valence-electron chi connectivity index (χ4n) is 3.94. The van der Waals surface area contributed by atoms with Crippen LogP contribution in [-0.4, -0.2) is 57.5 Å². The summed E-state index contributed by atoms with van der Waals surface area (Å²) in [5.74, 6) is 2.37. The molecule has 4 heterocycles. The summed E-state index contributed by atoms with van der Waals surface area (Å²) in [5.41, 5.74) is 2.83. The maximum atomic E-state index is 12.7. The molecule has 2 aliphatic heterocycles. The monoisotopic (exact) mass is 353 g/mol. The summed E-state index contributed by atoms with van der Waals surface area (Å²) in [7, 11) is 2.12. The van der Waals surface area contributed by atoms with E-state index in [1.54, 1.807) is 0 Å². The van der Waals surface area contributed by atoms with Gasteiger partial charge in [0.15, 0.2) is 5.69 Å². The fourth-order valence-corrected chi connectivity index (χ4v) is 3.94. The zero-order valence-electron chi connectivity index (χ0n) is 15.0. The first-order valence-electron chi connectivity index (χ1n) is 9.46. The number of carbonyl (C=O) groups is 1. The Balaban J connectivity index is 1.28. The summed E-state index contributed by atoms with van der Waals surface area (Å²) in [6.07, 6.45) is 6.12. The topological polar surface area (TPSA) is 75.4 Å². The number of amides is 1. The maximum absolute atomic E-state index is 12.7. The minimum atomic E-state index is -0.0391. The number of carbonyl (C=O) groups excluding carboxylic acids is 1. The smallest absolute Gasteiger partial charge is 0.276 e.